The summed E-state index contributed by atoms with van der Waals surface area (Å²) in [5.74, 6) is 0.626. The molecule has 0 saturated heterocycles. The van der Waals surface area contributed by atoms with E-state index < -0.39 is 6.10 Å². The van der Waals surface area contributed by atoms with Crippen molar-refractivity contribution in [2.45, 2.75) is 6.10 Å². The molecule has 0 aliphatic rings. The molecule has 0 amide bonds. The zero-order chi connectivity index (χ0) is 15.9. The van der Waals surface area contributed by atoms with Gasteiger partial charge in [-0.15, -0.1) is 0 Å². The monoisotopic (exact) mass is 303 g/mol. The van der Waals surface area contributed by atoms with Crippen molar-refractivity contribution in [3.05, 3.63) is 102 Å². The maximum Gasteiger partial charge on any atom is 0.157 e. The highest BCUT2D eigenvalue weighted by atomic mass is 16.6. The minimum Gasteiger partial charge on any atom is -0.382 e. The Kier molecular flexibility index (Phi) is 4.82. The van der Waals surface area contributed by atoms with Crippen LogP contribution in [0.5, 0.6) is 5.75 Å². The van der Waals surface area contributed by atoms with Gasteiger partial charge in [0.15, 0.2) is 5.75 Å². The largest absolute Gasteiger partial charge is 0.382 e. The molecule has 1 atom stereocenters. The number of aliphatic hydroxyl groups excluding tert-OH is 1. The van der Waals surface area contributed by atoms with Gasteiger partial charge in [0, 0.05) is 5.56 Å². The fourth-order valence-corrected chi connectivity index (χ4v) is 2.25. The summed E-state index contributed by atoms with van der Waals surface area (Å²) in [6.45, 7) is 0. The average Bonchev–Trinajstić information content (AvgIpc) is 2.64. The first-order valence-corrected chi connectivity index (χ1v) is 7.43. The van der Waals surface area contributed by atoms with E-state index >= 15 is 0 Å². The Morgan fingerprint density at radius 1 is 0.739 bits per heavy atom. The van der Waals surface area contributed by atoms with E-state index in [0.29, 0.717) is 11.5 Å². The number of para-hydroxylation sites is 1. The van der Waals surface area contributed by atoms with Gasteiger partial charge in [0.05, 0.1) is 0 Å². The molecule has 0 aliphatic carbocycles. The van der Waals surface area contributed by atoms with Crippen molar-refractivity contribution in [2.24, 2.45) is 5.16 Å². The van der Waals surface area contributed by atoms with Crippen LogP contribution in [0.2, 0.25) is 0 Å². The van der Waals surface area contributed by atoms with Gasteiger partial charge in [-0.1, -0.05) is 84.0 Å². The molecule has 114 valence electrons. The SMILES string of the molecule is OC(C(=NOc1ccccc1)c1ccccc1)c1ccccc1. The minimum absolute atomic E-state index is 0.473. The predicted octanol–water partition coefficient (Wildman–Crippen LogP) is 4.20. The number of hydrogen-bond donors (Lipinski definition) is 1. The lowest BCUT2D eigenvalue weighted by Crippen LogP contribution is -2.15. The fourth-order valence-electron chi connectivity index (χ4n) is 2.25. The van der Waals surface area contributed by atoms with Crippen LogP contribution in [0.25, 0.3) is 0 Å². The number of oxime groups is 1. The van der Waals surface area contributed by atoms with Crippen LogP contribution < -0.4 is 4.84 Å². The van der Waals surface area contributed by atoms with Gasteiger partial charge in [-0.05, 0) is 17.7 Å². The molecule has 0 fully saturated rings. The third-order valence-corrected chi connectivity index (χ3v) is 3.44. The van der Waals surface area contributed by atoms with Crippen LogP contribution >= 0.6 is 0 Å². The van der Waals surface area contributed by atoms with Gasteiger partial charge in [0.1, 0.15) is 11.8 Å². The van der Waals surface area contributed by atoms with E-state index in [-0.39, 0.29) is 0 Å². The molecule has 0 radical (unpaired) electrons. The molecule has 1 N–H and O–H groups in total. The summed E-state index contributed by atoms with van der Waals surface area (Å²) in [6.07, 6.45) is -0.859. The van der Waals surface area contributed by atoms with Crippen LogP contribution in [-0.4, -0.2) is 10.8 Å². The van der Waals surface area contributed by atoms with E-state index in [2.05, 4.69) is 5.16 Å². The zero-order valence-electron chi connectivity index (χ0n) is 12.5. The first kappa shape index (κ1) is 15.0. The molecule has 0 aliphatic heterocycles. The molecule has 3 rings (SSSR count). The van der Waals surface area contributed by atoms with Crippen molar-refractivity contribution in [3.63, 3.8) is 0 Å². The number of rotatable bonds is 5. The summed E-state index contributed by atoms with van der Waals surface area (Å²) in [7, 11) is 0. The van der Waals surface area contributed by atoms with Crippen LogP contribution in [-0.2, 0) is 0 Å². The number of benzene rings is 3. The Labute approximate surface area is 135 Å². The third kappa shape index (κ3) is 3.84. The van der Waals surface area contributed by atoms with Crippen molar-refractivity contribution < 1.29 is 9.94 Å². The van der Waals surface area contributed by atoms with Gasteiger partial charge in [-0.3, -0.25) is 0 Å². The molecule has 0 saturated carbocycles. The quantitative estimate of drug-likeness (QED) is 0.567. The number of hydrogen-bond acceptors (Lipinski definition) is 3. The van der Waals surface area contributed by atoms with E-state index in [4.69, 9.17) is 4.84 Å². The number of aliphatic hydroxyl groups is 1. The van der Waals surface area contributed by atoms with E-state index in [1.165, 1.54) is 0 Å². The molecule has 0 aromatic heterocycles. The predicted molar refractivity (Wildman–Crippen MR) is 91.5 cm³/mol. The highest BCUT2D eigenvalue weighted by molar-refractivity contribution is 6.03. The second-order valence-corrected chi connectivity index (χ2v) is 5.06. The normalized spacial score (nSPS) is 12.7. The molecule has 0 heterocycles. The smallest absolute Gasteiger partial charge is 0.157 e. The maximum atomic E-state index is 10.7. The Bertz CT molecular complexity index is 755. The Morgan fingerprint density at radius 3 is 1.87 bits per heavy atom. The van der Waals surface area contributed by atoms with Crippen LogP contribution in [0, 0.1) is 0 Å². The molecule has 0 bridgehead atoms. The second kappa shape index (κ2) is 7.38. The molecule has 1 unspecified atom stereocenters. The first-order valence-electron chi connectivity index (χ1n) is 7.43. The van der Waals surface area contributed by atoms with Crippen molar-refractivity contribution in [3.8, 4) is 5.75 Å². The highest BCUT2D eigenvalue weighted by Gasteiger charge is 2.18. The molecule has 0 spiro atoms. The zero-order valence-corrected chi connectivity index (χ0v) is 12.5. The molecular weight excluding hydrogens is 286 g/mol. The maximum absolute atomic E-state index is 10.7. The third-order valence-electron chi connectivity index (χ3n) is 3.44. The second-order valence-electron chi connectivity index (χ2n) is 5.06. The Morgan fingerprint density at radius 2 is 1.26 bits per heavy atom. The van der Waals surface area contributed by atoms with Crippen molar-refractivity contribution in [1.82, 2.24) is 0 Å². The lowest BCUT2D eigenvalue weighted by molar-refractivity contribution is 0.239. The summed E-state index contributed by atoms with van der Waals surface area (Å²) in [5, 5.41) is 14.9. The van der Waals surface area contributed by atoms with E-state index in [0.717, 1.165) is 11.1 Å². The van der Waals surface area contributed by atoms with Gasteiger partial charge in [-0.25, -0.2) is 0 Å². The van der Waals surface area contributed by atoms with E-state index in [9.17, 15) is 5.11 Å². The first-order chi connectivity index (χ1) is 11.3. The summed E-state index contributed by atoms with van der Waals surface area (Å²) in [4.78, 5) is 5.49. The summed E-state index contributed by atoms with van der Waals surface area (Å²) in [5.41, 5.74) is 2.06. The topological polar surface area (TPSA) is 41.8 Å². The Balaban J connectivity index is 1.94. The van der Waals surface area contributed by atoms with Crippen molar-refractivity contribution >= 4 is 5.71 Å². The van der Waals surface area contributed by atoms with Crippen molar-refractivity contribution in [1.29, 1.82) is 0 Å². The standard InChI is InChI=1S/C20H17NO2/c22-20(17-12-6-2-7-13-17)19(16-10-4-1-5-11-16)21-23-18-14-8-3-9-15-18/h1-15,20,22H. The van der Waals surface area contributed by atoms with Crippen LogP contribution in [0.3, 0.4) is 0 Å². The molecule has 3 nitrogen and oxygen atoms in total. The fraction of sp³-hybridized carbons (Fsp3) is 0.0500. The molecule has 3 aromatic rings. The molecule has 23 heavy (non-hydrogen) atoms. The van der Waals surface area contributed by atoms with Crippen molar-refractivity contribution in [2.75, 3.05) is 0 Å². The van der Waals surface area contributed by atoms with Crippen LogP contribution in [0.15, 0.2) is 96.2 Å². The highest BCUT2D eigenvalue weighted by Crippen LogP contribution is 2.20. The summed E-state index contributed by atoms with van der Waals surface area (Å²) < 4.78 is 0. The van der Waals surface area contributed by atoms with Crippen LogP contribution in [0.4, 0.5) is 0 Å². The van der Waals surface area contributed by atoms with Gasteiger partial charge >= 0.3 is 0 Å². The average molecular weight is 303 g/mol. The van der Waals surface area contributed by atoms with Gasteiger partial charge in [0.25, 0.3) is 0 Å². The minimum atomic E-state index is -0.859. The molecule has 3 heteroatoms. The van der Waals surface area contributed by atoms with E-state index in [1.807, 2.05) is 91.0 Å². The number of nitrogens with zero attached hydrogens (tertiary/aromatic N) is 1. The molecule has 3 aromatic carbocycles. The molecular formula is C20H17NO2. The Hall–Kier alpha value is -2.91. The van der Waals surface area contributed by atoms with Gasteiger partial charge < -0.3 is 9.94 Å². The lowest BCUT2D eigenvalue weighted by atomic mass is 9.99. The van der Waals surface area contributed by atoms with Gasteiger partial charge in [0.2, 0.25) is 0 Å². The van der Waals surface area contributed by atoms with Crippen LogP contribution in [0.1, 0.15) is 17.2 Å². The summed E-state index contributed by atoms with van der Waals surface area (Å²) >= 11 is 0. The summed E-state index contributed by atoms with van der Waals surface area (Å²) in [6, 6.07) is 28.3. The van der Waals surface area contributed by atoms with E-state index in [1.54, 1.807) is 0 Å². The van der Waals surface area contributed by atoms with Gasteiger partial charge in [-0.2, -0.15) is 0 Å². The lowest BCUT2D eigenvalue weighted by Gasteiger charge is -2.14.